The number of hydrogen-bond acceptors (Lipinski definition) is 3. The van der Waals surface area contributed by atoms with Gasteiger partial charge in [0.25, 0.3) is 0 Å². The first-order valence-electron chi connectivity index (χ1n) is 12.7. The number of rotatable bonds is 3. The first-order chi connectivity index (χ1) is 15.4. The Kier molecular flexibility index (Phi) is 4.80. The van der Waals surface area contributed by atoms with Crippen LogP contribution in [-0.2, 0) is 16.0 Å². The highest BCUT2D eigenvalue weighted by Gasteiger charge is 2.55. The predicted octanol–water partition coefficient (Wildman–Crippen LogP) is 5.76. The zero-order chi connectivity index (χ0) is 22.0. The maximum Gasteiger partial charge on any atom is 0.310 e. The van der Waals surface area contributed by atoms with Gasteiger partial charge in [0.05, 0.1) is 5.92 Å². The molecule has 170 valence electrons. The van der Waals surface area contributed by atoms with Crippen molar-refractivity contribution in [3.8, 4) is 0 Å². The summed E-state index contributed by atoms with van der Waals surface area (Å²) in [7, 11) is 0. The lowest BCUT2D eigenvalue weighted by atomic mass is 9.55. The number of H-pyrrole nitrogens is 1. The Labute approximate surface area is 191 Å². The highest BCUT2D eigenvalue weighted by molar-refractivity contribution is 5.85. The molecule has 0 unspecified atom stereocenters. The third kappa shape index (κ3) is 3.17. The van der Waals surface area contributed by atoms with E-state index in [-0.39, 0.29) is 29.4 Å². The van der Waals surface area contributed by atoms with Crippen molar-refractivity contribution in [2.45, 2.75) is 77.4 Å². The van der Waals surface area contributed by atoms with Crippen molar-refractivity contribution in [1.29, 1.82) is 0 Å². The average Bonchev–Trinajstić information content (AvgIpc) is 3.27. The Morgan fingerprint density at radius 1 is 1.28 bits per heavy atom. The van der Waals surface area contributed by atoms with E-state index in [1.165, 1.54) is 52.6 Å². The van der Waals surface area contributed by atoms with Crippen LogP contribution in [0.5, 0.6) is 0 Å². The quantitative estimate of drug-likeness (QED) is 0.479. The normalized spacial score (nSPS) is 36.5. The van der Waals surface area contributed by atoms with E-state index in [1.807, 2.05) is 0 Å². The molecule has 1 aliphatic heterocycles. The number of hydrogen-bond donors (Lipinski definition) is 2. The highest BCUT2D eigenvalue weighted by atomic mass is 16.6. The van der Waals surface area contributed by atoms with E-state index in [9.17, 15) is 4.79 Å². The lowest BCUT2D eigenvalue weighted by Crippen LogP contribution is -2.45. The molecule has 2 saturated carbocycles. The molecule has 2 N–H and O–H groups in total. The second kappa shape index (κ2) is 7.48. The number of benzene rings is 1. The van der Waals surface area contributed by atoms with E-state index in [4.69, 9.17) is 4.74 Å². The molecular formula is C28H36N2O2. The fourth-order valence-electron chi connectivity index (χ4n) is 7.54. The monoisotopic (exact) mass is 432 g/mol. The number of allylic oxidation sites excluding steroid dienone is 1. The van der Waals surface area contributed by atoms with Crippen LogP contribution in [0.3, 0.4) is 0 Å². The Hall–Kier alpha value is -2.07. The van der Waals surface area contributed by atoms with Gasteiger partial charge in [-0.05, 0) is 87.3 Å². The van der Waals surface area contributed by atoms with E-state index in [1.54, 1.807) is 0 Å². The van der Waals surface area contributed by atoms with Gasteiger partial charge in [-0.3, -0.25) is 4.79 Å². The van der Waals surface area contributed by atoms with Crippen LogP contribution in [0.1, 0.15) is 74.7 Å². The molecule has 32 heavy (non-hydrogen) atoms. The molecule has 1 aromatic carbocycles. The molecule has 1 saturated heterocycles. The number of aromatic nitrogens is 1. The zero-order valence-electron chi connectivity index (χ0n) is 19.5. The minimum atomic E-state index is -0.0312. The maximum absolute atomic E-state index is 12.9. The Balaban J connectivity index is 1.21. The van der Waals surface area contributed by atoms with Gasteiger partial charge in [-0.1, -0.05) is 30.7 Å². The van der Waals surface area contributed by atoms with E-state index in [2.05, 4.69) is 48.9 Å². The molecule has 3 fully saturated rings. The lowest BCUT2D eigenvalue weighted by Gasteiger charge is -2.50. The zero-order valence-corrected chi connectivity index (χ0v) is 19.5. The fraction of sp³-hybridized carbons (Fsp3) is 0.607. The van der Waals surface area contributed by atoms with E-state index >= 15 is 0 Å². The van der Waals surface area contributed by atoms with Crippen LogP contribution in [0, 0.1) is 30.1 Å². The third-order valence-electron chi connectivity index (χ3n) is 9.27. The number of nitrogens with one attached hydrogen (secondary N) is 2. The smallest absolute Gasteiger partial charge is 0.310 e. The number of carbonyl (C=O) groups excluding carboxylic acids is 1. The molecule has 3 aliphatic carbocycles. The molecule has 0 spiro atoms. The van der Waals surface area contributed by atoms with Crippen molar-refractivity contribution in [1.82, 2.24) is 10.3 Å². The van der Waals surface area contributed by atoms with Gasteiger partial charge in [0.1, 0.15) is 6.10 Å². The van der Waals surface area contributed by atoms with Crippen LogP contribution in [0.25, 0.3) is 10.9 Å². The van der Waals surface area contributed by atoms with E-state index < -0.39 is 0 Å². The van der Waals surface area contributed by atoms with Crippen LogP contribution in [0.2, 0.25) is 0 Å². The summed E-state index contributed by atoms with van der Waals surface area (Å²) in [5.74, 6) is 0.865. The first-order valence-corrected chi connectivity index (χ1v) is 12.7. The second-order valence-corrected chi connectivity index (χ2v) is 11.3. The number of aromatic amines is 1. The van der Waals surface area contributed by atoms with Crippen LogP contribution in [-0.4, -0.2) is 23.6 Å². The number of fused-ring (bicyclic) bond motifs is 5. The molecule has 6 rings (SSSR count). The topological polar surface area (TPSA) is 54.1 Å². The molecule has 2 heterocycles. The lowest BCUT2D eigenvalue weighted by molar-refractivity contribution is -0.146. The summed E-state index contributed by atoms with van der Waals surface area (Å²) in [5.41, 5.74) is 7.01. The molecule has 2 aromatic rings. The number of carbonyl (C=O) groups is 1. The summed E-state index contributed by atoms with van der Waals surface area (Å²) in [5, 5.41) is 5.17. The first kappa shape index (κ1) is 20.5. The van der Waals surface area contributed by atoms with Gasteiger partial charge in [0.15, 0.2) is 0 Å². The van der Waals surface area contributed by atoms with Crippen molar-refractivity contribution in [2.75, 3.05) is 6.54 Å². The van der Waals surface area contributed by atoms with Gasteiger partial charge < -0.3 is 15.0 Å². The molecule has 6 atom stereocenters. The number of esters is 1. The van der Waals surface area contributed by atoms with Crippen LogP contribution in [0.4, 0.5) is 0 Å². The standard InChI is InChI=1S/C28H36N2O2/c1-16-9-10-23-19(12-16)18-7-4-8-24(26(18)30-23)29-15-21-20-13-22-17(2)6-5-11-28(22,3)14-25(20)32-27(21)31/h9-10,12,20-22,24-25,29-30H,2,4-8,11,13-15H2,1,3H3/t20-,21+,22+,24+,25-,28-/m1/s1. The minimum absolute atomic E-state index is 0.0173. The molecular weight excluding hydrogens is 396 g/mol. The Morgan fingerprint density at radius 3 is 3.03 bits per heavy atom. The summed E-state index contributed by atoms with van der Waals surface area (Å²) < 4.78 is 5.98. The van der Waals surface area contributed by atoms with Gasteiger partial charge in [0, 0.05) is 35.1 Å². The average molecular weight is 433 g/mol. The van der Waals surface area contributed by atoms with Crippen molar-refractivity contribution >= 4 is 16.9 Å². The van der Waals surface area contributed by atoms with Crippen molar-refractivity contribution < 1.29 is 9.53 Å². The van der Waals surface area contributed by atoms with Crippen molar-refractivity contribution in [2.24, 2.45) is 23.2 Å². The highest BCUT2D eigenvalue weighted by Crippen LogP contribution is 2.56. The van der Waals surface area contributed by atoms with E-state index in [0.717, 1.165) is 32.1 Å². The second-order valence-electron chi connectivity index (χ2n) is 11.3. The SMILES string of the molecule is C=C1CCC[C@]2(C)C[C@H]3OC(=O)[C@@H](CN[C@H]4CCCc5c4[nH]c4ccc(C)cc54)[C@H]3C[C@@H]12. The minimum Gasteiger partial charge on any atom is -0.462 e. The van der Waals surface area contributed by atoms with Gasteiger partial charge in [-0.25, -0.2) is 0 Å². The van der Waals surface area contributed by atoms with E-state index in [0.29, 0.717) is 18.4 Å². The third-order valence-corrected chi connectivity index (χ3v) is 9.27. The number of ether oxygens (including phenoxy) is 1. The Morgan fingerprint density at radius 2 is 2.16 bits per heavy atom. The molecule has 0 amide bonds. The predicted molar refractivity (Wildman–Crippen MR) is 127 cm³/mol. The molecule has 0 radical (unpaired) electrons. The molecule has 4 nitrogen and oxygen atoms in total. The van der Waals surface area contributed by atoms with Gasteiger partial charge >= 0.3 is 5.97 Å². The molecule has 4 heteroatoms. The maximum atomic E-state index is 12.9. The molecule has 0 bridgehead atoms. The van der Waals surface area contributed by atoms with Gasteiger partial charge in [-0.15, -0.1) is 0 Å². The summed E-state index contributed by atoms with van der Waals surface area (Å²) in [6.45, 7) is 9.71. The van der Waals surface area contributed by atoms with Crippen LogP contribution in [0.15, 0.2) is 30.4 Å². The van der Waals surface area contributed by atoms with Gasteiger partial charge in [0.2, 0.25) is 0 Å². The van der Waals surface area contributed by atoms with Gasteiger partial charge in [-0.2, -0.15) is 0 Å². The van der Waals surface area contributed by atoms with Crippen LogP contribution < -0.4 is 5.32 Å². The summed E-state index contributed by atoms with van der Waals surface area (Å²) in [4.78, 5) is 16.6. The van der Waals surface area contributed by atoms with Crippen molar-refractivity contribution in [3.05, 3.63) is 47.2 Å². The summed E-state index contributed by atoms with van der Waals surface area (Å²) >= 11 is 0. The number of aryl methyl sites for hydroxylation is 2. The van der Waals surface area contributed by atoms with Crippen LogP contribution >= 0.6 is 0 Å². The fourth-order valence-corrected chi connectivity index (χ4v) is 7.54. The molecule has 1 aromatic heterocycles. The van der Waals surface area contributed by atoms with Crippen molar-refractivity contribution in [3.63, 3.8) is 0 Å². The Bertz CT molecular complexity index is 1080. The summed E-state index contributed by atoms with van der Waals surface area (Å²) in [6.07, 6.45) is 9.24. The summed E-state index contributed by atoms with van der Waals surface area (Å²) in [6, 6.07) is 6.98. The largest absolute Gasteiger partial charge is 0.462 e. The molecule has 4 aliphatic rings.